The number of amides is 3. The first-order valence-electron chi connectivity index (χ1n) is 8.90. The highest BCUT2D eigenvalue weighted by molar-refractivity contribution is 6.21. The van der Waals surface area contributed by atoms with Gasteiger partial charge in [0.2, 0.25) is 5.91 Å². The van der Waals surface area contributed by atoms with Gasteiger partial charge in [-0.05, 0) is 17.7 Å². The average molecular weight is 380 g/mol. The molecule has 0 bridgehead atoms. The van der Waals surface area contributed by atoms with Crippen LogP contribution in [0.25, 0.3) is 0 Å². The molecule has 0 aromatic heterocycles. The van der Waals surface area contributed by atoms with E-state index in [9.17, 15) is 19.2 Å². The lowest BCUT2D eigenvalue weighted by Gasteiger charge is -2.18. The minimum Gasteiger partial charge on any atom is -0.464 e. The predicted molar refractivity (Wildman–Crippen MR) is 100 cm³/mol. The van der Waals surface area contributed by atoms with Crippen LogP contribution in [0.3, 0.4) is 0 Å². The zero-order chi connectivity index (χ0) is 20.1. The number of carbonyl (C=O) groups is 4. The van der Waals surface area contributed by atoms with Crippen molar-refractivity contribution in [3.05, 3.63) is 71.3 Å². The van der Waals surface area contributed by atoms with E-state index in [4.69, 9.17) is 4.74 Å². The molecule has 0 saturated carbocycles. The fourth-order valence-electron chi connectivity index (χ4n) is 3.10. The fraction of sp³-hybridized carbons (Fsp3) is 0.238. The molecule has 3 amide bonds. The van der Waals surface area contributed by atoms with Crippen LogP contribution in [0.15, 0.2) is 54.6 Å². The molecule has 1 atom stereocenters. The molecule has 144 valence electrons. The van der Waals surface area contributed by atoms with Gasteiger partial charge in [-0.3, -0.25) is 24.1 Å². The van der Waals surface area contributed by atoms with E-state index in [1.165, 1.54) is 6.92 Å². The lowest BCUT2D eigenvalue weighted by molar-refractivity contribution is -0.144. The summed E-state index contributed by atoms with van der Waals surface area (Å²) >= 11 is 0. The van der Waals surface area contributed by atoms with E-state index in [2.05, 4.69) is 5.32 Å². The second-order valence-electron chi connectivity index (χ2n) is 6.40. The molecule has 0 fully saturated rings. The first-order chi connectivity index (χ1) is 13.5. The predicted octanol–water partition coefficient (Wildman–Crippen LogP) is 2.09. The molecule has 0 saturated heterocycles. The van der Waals surface area contributed by atoms with Crippen LogP contribution in [0.4, 0.5) is 0 Å². The van der Waals surface area contributed by atoms with Crippen LogP contribution in [0.1, 0.15) is 45.7 Å². The van der Waals surface area contributed by atoms with Crippen molar-refractivity contribution in [1.82, 2.24) is 10.2 Å². The number of ether oxygens (including phenoxy) is 1. The van der Waals surface area contributed by atoms with E-state index < -0.39 is 23.8 Å². The molecule has 2 aromatic rings. The van der Waals surface area contributed by atoms with Crippen molar-refractivity contribution in [3.63, 3.8) is 0 Å². The molecule has 0 aliphatic carbocycles. The zero-order valence-electron chi connectivity index (χ0n) is 15.4. The Hall–Kier alpha value is -3.48. The van der Waals surface area contributed by atoms with Crippen molar-refractivity contribution < 1.29 is 23.9 Å². The lowest BCUT2D eigenvalue weighted by atomic mass is 10.0. The highest BCUT2D eigenvalue weighted by atomic mass is 16.5. The molecular formula is C21H20N2O5. The molecule has 0 unspecified atom stereocenters. The summed E-state index contributed by atoms with van der Waals surface area (Å²) in [5, 5.41) is 2.73. The number of hydrogen-bond acceptors (Lipinski definition) is 5. The van der Waals surface area contributed by atoms with Crippen LogP contribution in [0, 0.1) is 0 Å². The molecule has 0 spiro atoms. The van der Waals surface area contributed by atoms with Crippen molar-refractivity contribution in [3.8, 4) is 0 Å². The average Bonchev–Trinajstić information content (AvgIpc) is 2.93. The van der Waals surface area contributed by atoms with Crippen LogP contribution < -0.4 is 5.32 Å². The maximum atomic E-state index is 12.3. The molecule has 1 heterocycles. The number of nitrogens with one attached hydrogen (secondary N) is 1. The third-order valence-corrected chi connectivity index (χ3v) is 4.41. The van der Waals surface area contributed by atoms with Gasteiger partial charge in [0, 0.05) is 6.92 Å². The van der Waals surface area contributed by atoms with E-state index in [0.29, 0.717) is 11.1 Å². The summed E-state index contributed by atoms with van der Waals surface area (Å²) in [7, 11) is 0. The Labute approximate surface area is 162 Å². The third kappa shape index (κ3) is 4.25. The third-order valence-electron chi connectivity index (χ3n) is 4.41. The summed E-state index contributed by atoms with van der Waals surface area (Å²) in [5.74, 6) is -1.57. The van der Waals surface area contributed by atoms with Gasteiger partial charge in [0.25, 0.3) is 11.8 Å². The Bertz CT molecular complexity index is 875. The summed E-state index contributed by atoms with van der Waals surface area (Å²) in [4.78, 5) is 49.3. The van der Waals surface area contributed by atoms with Crippen LogP contribution >= 0.6 is 0 Å². The van der Waals surface area contributed by atoms with Crippen molar-refractivity contribution in [2.24, 2.45) is 0 Å². The molecule has 0 radical (unpaired) electrons. The lowest BCUT2D eigenvalue weighted by Crippen LogP contribution is -2.34. The van der Waals surface area contributed by atoms with E-state index in [0.717, 1.165) is 10.5 Å². The van der Waals surface area contributed by atoms with Crippen molar-refractivity contribution >= 4 is 23.7 Å². The molecule has 2 aromatic carbocycles. The fourth-order valence-corrected chi connectivity index (χ4v) is 3.10. The van der Waals surface area contributed by atoms with Gasteiger partial charge in [-0.1, -0.05) is 42.5 Å². The number of nitrogens with zero attached hydrogens (tertiary/aromatic N) is 1. The summed E-state index contributed by atoms with van der Waals surface area (Å²) in [6.45, 7) is 1.25. The monoisotopic (exact) mass is 380 g/mol. The number of rotatable bonds is 7. The zero-order valence-corrected chi connectivity index (χ0v) is 15.4. The van der Waals surface area contributed by atoms with Gasteiger partial charge in [0.1, 0.15) is 6.61 Å². The Morgan fingerprint density at radius 1 is 0.964 bits per heavy atom. The smallest absolute Gasteiger partial charge is 0.308 e. The first-order valence-corrected chi connectivity index (χ1v) is 8.90. The molecule has 1 aliphatic heterocycles. The normalized spacial score (nSPS) is 13.8. The number of hydrogen-bond donors (Lipinski definition) is 1. The van der Waals surface area contributed by atoms with Gasteiger partial charge in [-0.25, -0.2) is 0 Å². The number of fused-ring (bicyclic) bond motifs is 1. The maximum Gasteiger partial charge on any atom is 0.308 e. The van der Waals surface area contributed by atoms with E-state index in [1.807, 2.05) is 30.3 Å². The first kappa shape index (κ1) is 19.3. The van der Waals surface area contributed by atoms with E-state index in [1.54, 1.807) is 24.3 Å². The Morgan fingerprint density at radius 2 is 1.54 bits per heavy atom. The van der Waals surface area contributed by atoms with Crippen LogP contribution in [-0.2, 0) is 14.3 Å². The van der Waals surface area contributed by atoms with Gasteiger partial charge in [0.15, 0.2) is 0 Å². The molecule has 3 rings (SSSR count). The van der Waals surface area contributed by atoms with E-state index >= 15 is 0 Å². The molecule has 28 heavy (non-hydrogen) atoms. The van der Waals surface area contributed by atoms with Crippen molar-refractivity contribution in [2.75, 3.05) is 13.2 Å². The SMILES string of the molecule is CC(=O)N[C@@H](CC(=O)OCCN1C(=O)c2ccccc2C1=O)c1ccccc1. The number of benzene rings is 2. The summed E-state index contributed by atoms with van der Waals surface area (Å²) in [6.07, 6.45) is -0.0499. The molecule has 1 N–H and O–H groups in total. The minimum absolute atomic E-state index is 0.0196. The van der Waals surface area contributed by atoms with E-state index in [-0.39, 0.29) is 25.5 Å². The van der Waals surface area contributed by atoms with Gasteiger partial charge >= 0.3 is 5.97 Å². The Balaban J connectivity index is 1.55. The van der Waals surface area contributed by atoms with Crippen LogP contribution in [0.2, 0.25) is 0 Å². The number of esters is 1. The highest BCUT2D eigenvalue weighted by Gasteiger charge is 2.34. The largest absolute Gasteiger partial charge is 0.464 e. The Kier molecular flexibility index (Phi) is 5.84. The quantitative estimate of drug-likeness (QED) is 0.587. The molecule has 1 aliphatic rings. The summed E-state index contributed by atoms with van der Waals surface area (Å²) in [6, 6.07) is 15.2. The highest BCUT2D eigenvalue weighted by Crippen LogP contribution is 2.22. The van der Waals surface area contributed by atoms with Crippen LogP contribution in [-0.4, -0.2) is 41.7 Å². The number of imide groups is 1. The number of carbonyl (C=O) groups excluding carboxylic acids is 4. The van der Waals surface area contributed by atoms with Gasteiger partial charge < -0.3 is 10.1 Å². The standard InChI is InChI=1S/C21H20N2O5/c1-14(24)22-18(15-7-3-2-4-8-15)13-19(25)28-12-11-23-20(26)16-9-5-6-10-17(16)21(23)27/h2-10,18H,11-13H2,1H3,(H,22,24)/t18-/m0/s1. The molecule has 7 heteroatoms. The van der Waals surface area contributed by atoms with Gasteiger partial charge in [-0.2, -0.15) is 0 Å². The summed E-state index contributed by atoms with van der Waals surface area (Å²) in [5.41, 5.74) is 1.50. The second kappa shape index (κ2) is 8.47. The topological polar surface area (TPSA) is 92.8 Å². The van der Waals surface area contributed by atoms with Crippen LogP contribution in [0.5, 0.6) is 0 Å². The molecule has 7 nitrogen and oxygen atoms in total. The van der Waals surface area contributed by atoms with Crippen molar-refractivity contribution in [2.45, 2.75) is 19.4 Å². The minimum atomic E-state index is -0.529. The Morgan fingerprint density at radius 3 is 2.11 bits per heavy atom. The van der Waals surface area contributed by atoms with Gasteiger partial charge in [-0.15, -0.1) is 0 Å². The maximum absolute atomic E-state index is 12.3. The summed E-state index contributed by atoms with van der Waals surface area (Å²) < 4.78 is 5.20. The van der Waals surface area contributed by atoms with Crippen molar-refractivity contribution in [1.29, 1.82) is 0 Å². The van der Waals surface area contributed by atoms with Gasteiger partial charge in [0.05, 0.1) is 30.1 Å². The second-order valence-corrected chi connectivity index (χ2v) is 6.40. The molecular weight excluding hydrogens is 360 g/mol.